The summed E-state index contributed by atoms with van der Waals surface area (Å²) in [5.41, 5.74) is -12.4. The Labute approximate surface area is 246 Å². The molecular weight excluding hydrogens is 611 g/mol. The highest BCUT2D eigenvalue weighted by molar-refractivity contribution is 8.13. The van der Waals surface area contributed by atoms with Crippen molar-refractivity contribution in [2.75, 3.05) is 25.2 Å². The van der Waals surface area contributed by atoms with Crippen LogP contribution < -0.4 is 0 Å². The van der Waals surface area contributed by atoms with Crippen molar-refractivity contribution in [3.05, 3.63) is 4.13 Å². The molecule has 0 spiro atoms. The quantitative estimate of drug-likeness (QED) is 0.0618. The van der Waals surface area contributed by atoms with Crippen LogP contribution in [0.1, 0.15) is 136 Å². The van der Waals surface area contributed by atoms with Crippen molar-refractivity contribution in [1.82, 2.24) is 0 Å². The maximum absolute atomic E-state index is 11.4. The van der Waals surface area contributed by atoms with Crippen LogP contribution in [0.3, 0.4) is 0 Å². The largest absolute Gasteiger partial charge is 0.480 e. The first kappa shape index (κ1) is 43.0. The molecule has 0 aliphatic heterocycles. The van der Waals surface area contributed by atoms with E-state index in [2.05, 4.69) is 27.4 Å². The van der Waals surface area contributed by atoms with E-state index in [0.717, 1.165) is 4.13 Å². The summed E-state index contributed by atoms with van der Waals surface area (Å²) in [5.74, 6) is 0. The van der Waals surface area contributed by atoms with E-state index in [0.29, 0.717) is 0 Å². The molecule has 0 fully saturated rings. The van der Waals surface area contributed by atoms with Gasteiger partial charge < -0.3 is 4.13 Å². The fourth-order valence-electron chi connectivity index (χ4n) is 4.37. The maximum atomic E-state index is 11.4. The van der Waals surface area contributed by atoms with E-state index in [1.807, 2.05) is 0 Å². The van der Waals surface area contributed by atoms with Crippen molar-refractivity contribution in [3.8, 4) is 0 Å². The molecule has 0 amide bonds. The van der Waals surface area contributed by atoms with Crippen LogP contribution in [-0.2, 0) is 20.0 Å². The topological polar surface area (TPSA) is 82.4 Å². The van der Waals surface area contributed by atoms with Crippen LogP contribution in [0.4, 0.5) is 26.3 Å². The van der Waals surface area contributed by atoms with Crippen molar-refractivity contribution in [3.63, 3.8) is 0 Å². The monoisotopic (exact) mass is 665 g/mol. The number of hydrogen-bond acceptors (Lipinski definition) is 4. The summed E-state index contributed by atoms with van der Waals surface area (Å²) in [6.07, 6.45) is 31.2. The lowest BCUT2D eigenvalue weighted by Gasteiger charge is -2.24. The van der Waals surface area contributed by atoms with Gasteiger partial charge in [0.15, 0.2) is 20.0 Å². The molecule has 0 heterocycles. The standard InChI is InChI=1S/C25H54P.C2F6NO4S2/c1-5-8-11-14-17-20-23-26(4,24-21-18-15-12-9-6-2)25-22-19-16-13-10-7-3;3-1(4,5)14(10,11)9-15(12,13)2(6,7)8/h5-25H2,1-4H3;/q+1;-1. The molecule has 0 rings (SSSR count). The van der Waals surface area contributed by atoms with Gasteiger partial charge in [0.05, 0.1) is 18.5 Å². The van der Waals surface area contributed by atoms with E-state index >= 15 is 0 Å². The molecule has 0 aromatic rings. The molecule has 0 atom stereocenters. The number of rotatable bonds is 23. The van der Waals surface area contributed by atoms with E-state index < -0.39 is 38.3 Å². The first-order valence-electron chi connectivity index (χ1n) is 15.1. The van der Waals surface area contributed by atoms with Gasteiger partial charge in [-0.25, -0.2) is 16.8 Å². The third-order valence-corrected chi connectivity index (χ3v) is 13.9. The number of hydrogen-bond donors (Lipinski definition) is 0. The molecular formula is C27H54F6NO4PS2. The first-order valence-corrected chi connectivity index (χ1v) is 20.8. The van der Waals surface area contributed by atoms with Gasteiger partial charge in [0.25, 0.3) is 0 Å². The summed E-state index contributed by atoms with van der Waals surface area (Å²) in [4.78, 5) is 0. The average Bonchev–Trinajstić information content (AvgIpc) is 2.84. The second kappa shape index (κ2) is 22.4. The molecule has 0 saturated carbocycles. The fourth-order valence-corrected chi connectivity index (χ4v) is 9.71. The Morgan fingerprint density at radius 1 is 0.463 bits per heavy atom. The summed E-state index contributed by atoms with van der Waals surface area (Å²) in [5, 5.41) is 0. The SMILES string of the molecule is CCCCCCCC[P+](C)(CCCCCCCC)CCCCCCCC.O=S(=O)([N-]S(=O)(=O)C(F)(F)F)C(F)(F)F. The molecule has 250 valence electrons. The summed E-state index contributed by atoms with van der Waals surface area (Å²) in [6, 6.07) is 0. The molecule has 0 saturated heterocycles. The van der Waals surface area contributed by atoms with Gasteiger partial charge in [-0.15, -0.1) is 0 Å². The van der Waals surface area contributed by atoms with Crippen molar-refractivity contribution in [2.24, 2.45) is 0 Å². The Kier molecular flexibility index (Phi) is 23.5. The zero-order valence-electron chi connectivity index (χ0n) is 25.5. The predicted molar refractivity (Wildman–Crippen MR) is 161 cm³/mol. The van der Waals surface area contributed by atoms with Gasteiger partial charge in [-0.2, -0.15) is 26.3 Å². The number of sulfonamides is 2. The highest BCUT2D eigenvalue weighted by Gasteiger charge is 2.47. The lowest BCUT2D eigenvalue weighted by molar-refractivity contribution is -0.0444. The summed E-state index contributed by atoms with van der Waals surface area (Å²) < 4.78 is 109. The Bertz CT molecular complexity index is 768. The smallest absolute Gasteiger partial charge is 0.421 e. The molecule has 0 aliphatic carbocycles. The van der Waals surface area contributed by atoms with Gasteiger partial charge in [-0.05, 0) is 38.5 Å². The molecule has 0 radical (unpaired) electrons. The molecule has 0 N–H and O–H groups in total. The summed E-state index contributed by atoms with van der Waals surface area (Å²) in [7, 11) is -14.1. The van der Waals surface area contributed by atoms with Crippen molar-refractivity contribution in [1.29, 1.82) is 0 Å². The molecule has 0 aromatic carbocycles. The van der Waals surface area contributed by atoms with Crippen LogP contribution in [-0.4, -0.2) is 53.0 Å². The van der Waals surface area contributed by atoms with Crippen molar-refractivity contribution >= 4 is 27.3 Å². The van der Waals surface area contributed by atoms with Gasteiger partial charge in [0.1, 0.15) is 0 Å². The number of unbranched alkanes of at least 4 members (excludes halogenated alkanes) is 15. The maximum Gasteiger partial charge on any atom is 0.480 e. The summed E-state index contributed by atoms with van der Waals surface area (Å²) in [6.45, 7) is 9.70. The Balaban J connectivity index is 0. The van der Waals surface area contributed by atoms with E-state index in [1.54, 1.807) is 18.5 Å². The third kappa shape index (κ3) is 22.1. The van der Waals surface area contributed by atoms with Gasteiger partial charge in [0.2, 0.25) is 0 Å². The molecule has 0 unspecified atom stereocenters. The van der Waals surface area contributed by atoms with Crippen LogP contribution in [0.25, 0.3) is 4.13 Å². The van der Waals surface area contributed by atoms with Crippen LogP contribution in [0.5, 0.6) is 0 Å². The Morgan fingerprint density at radius 3 is 0.902 bits per heavy atom. The zero-order valence-corrected chi connectivity index (χ0v) is 28.0. The second-order valence-electron chi connectivity index (χ2n) is 11.0. The number of halogens is 6. The second-order valence-corrected chi connectivity index (χ2v) is 19.0. The molecule has 14 heteroatoms. The number of nitrogens with zero attached hydrogens (tertiary/aromatic N) is 1. The van der Waals surface area contributed by atoms with E-state index in [9.17, 15) is 43.2 Å². The van der Waals surface area contributed by atoms with Gasteiger partial charge >= 0.3 is 11.0 Å². The van der Waals surface area contributed by atoms with Crippen LogP contribution >= 0.6 is 7.26 Å². The molecule has 41 heavy (non-hydrogen) atoms. The van der Waals surface area contributed by atoms with E-state index in [-0.39, 0.29) is 0 Å². The normalized spacial score (nSPS) is 13.2. The van der Waals surface area contributed by atoms with Crippen LogP contribution in [0.15, 0.2) is 0 Å². The Morgan fingerprint density at radius 2 is 0.683 bits per heavy atom. The third-order valence-electron chi connectivity index (χ3n) is 6.94. The minimum absolute atomic E-state index is 0.636. The van der Waals surface area contributed by atoms with Crippen LogP contribution in [0.2, 0.25) is 0 Å². The molecule has 5 nitrogen and oxygen atoms in total. The van der Waals surface area contributed by atoms with Crippen molar-refractivity contribution < 1.29 is 43.2 Å². The highest BCUT2D eigenvalue weighted by atomic mass is 32.3. The number of alkyl halides is 6. The fraction of sp³-hybridized carbons (Fsp3) is 1.00. The minimum atomic E-state index is -6.72. The average molecular weight is 666 g/mol. The lowest BCUT2D eigenvalue weighted by Crippen LogP contribution is -2.30. The zero-order chi connectivity index (χ0) is 32.1. The summed E-state index contributed by atoms with van der Waals surface area (Å²) >= 11 is 0. The van der Waals surface area contributed by atoms with Gasteiger partial charge in [-0.1, -0.05) is 97.8 Å². The minimum Gasteiger partial charge on any atom is -0.421 e. The lowest BCUT2D eigenvalue weighted by atomic mass is 10.1. The highest BCUT2D eigenvalue weighted by Crippen LogP contribution is 2.57. The van der Waals surface area contributed by atoms with Gasteiger partial charge in [-0.3, -0.25) is 0 Å². The van der Waals surface area contributed by atoms with E-state index in [1.165, 1.54) is 116 Å². The predicted octanol–water partition coefficient (Wildman–Crippen LogP) is 10.8. The molecule has 0 aromatic heterocycles. The first-order chi connectivity index (χ1) is 18.9. The molecule has 0 bridgehead atoms. The van der Waals surface area contributed by atoms with Crippen LogP contribution in [0, 0.1) is 0 Å². The molecule has 0 aliphatic rings. The Hall–Kier alpha value is -0.130. The van der Waals surface area contributed by atoms with Crippen molar-refractivity contribution in [2.45, 2.75) is 147 Å². The van der Waals surface area contributed by atoms with Gasteiger partial charge in [0, 0.05) is 13.9 Å². The van der Waals surface area contributed by atoms with E-state index in [4.69, 9.17) is 0 Å².